The number of benzene rings is 2. The van der Waals surface area contributed by atoms with Gasteiger partial charge in [0.25, 0.3) is 5.91 Å². The summed E-state index contributed by atoms with van der Waals surface area (Å²) in [6, 6.07) is 14.8. The maximum absolute atomic E-state index is 11.8. The molecule has 122 valence electrons. The standard InChI is InChI=1S/C18H16ClN3O2/c1-22-11-13(16-4-2-3-5-17(16)22)10-20-21-18(23)12-24-15-8-6-14(19)7-9-15/h2-11H,12H2,1H3,(H,21,23). The smallest absolute Gasteiger partial charge is 0.277 e. The molecule has 0 unspecified atom stereocenters. The summed E-state index contributed by atoms with van der Waals surface area (Å²) in [7, 11) is 1.97. The van der Waals surface area contributed by atoms with Crippen molar-refractivity contribution >= 4 is 34.6 Å². The van der Waals surface area contributed by atoms with Crippen molar-refractivity contribution in [2.45, 2.75) is 0 Å². The van der Waals surface area contributed by atoms with Crippen molar-refractivity contribution in [3.05, 3.63) is 65.3 Å². The van der Waals surface area contributed by atoms with Crippen LogP contribution in [0, 0.1) is 0 Å². The van der Waals surface area contributed by atoms with E-state index < -0.39 is 0 Å². The maximum Gasteiger partial charge on any atom is 0.277 e. The van der Waals surface area contributed by atoms with Gasteiger partial charge in [-0.1, -0.05) is 29.8 Å². The molecule has 1 heterocycles. The first-order valence-corrected chi connectivity index (χ1v) is 7.75. The van der Waals surface area contributed by atoms with Crippen molar-refractivity contribution in [2.75, 3.05) is 6.61 Å². The second kappa shape index (κ2) is 7.19. The second-order valence-electron chi connectivity index (χ2n) is 5.25. The fourth-order valence-corrected chi connectivity index (χ4v) is 2.49. The van der Waals surface area contributed by atoms with Gasteiger partial charge in [-0.2, -0.15) is 5.10 Å². The summed E-state index contributed by atoms with van der Waals surface area (Å²) in [4.78, 5) is 11.8. The van der Waals surface area contributed by atoms with Gasteiger partial charge in [0.05, 0.1) is 6.21 Å². The molecule has 3 aromatic rings. The topological polar surface area (TPSA) is 55.6 Å². The Morgan fingerprint density at radius 2 is 2.00 bits per heavy atom. The summed E-state index contributed by atoms with van der Waals surface area (Å²) in [6.07, 6.45) is 3.59. The number of ether oxygens (including phenoxy) is 1. The first-order chi connectivity index (χ1) is 11.6. The minimum atomic E-state index is -0.332. The zero-order valence-electron chi connectivity index (χ0n) is 13.1. The predicted molar refractivity (Wildman–Crippen MR) is 95.6 cm³/mol. The number of para-hydroxylation sites is 1. The van der Waals surface area contributed by atoms with Gasteiger partial charge in [0.1, 0.15) is 5.75 Å². The number of hydrogen-bond donors (Lipinski definition) is 1. The summed E-state index contributed by atoms with van der Waals surface area (Å²) in [5.74, 6) is 0.244. The number of rotatable bonds is 5. The van der Waals surface area contributed by atoms with E-state index in [9.17, 15) is 4.79 Å². The number of aryl methyl sites for hydroxylation is 1. The number of fused-ring (bicyclic) bond motifs is 1. The lowest BCUT2D eigenvalue weighted by Crippen LogP contribution is -2.24. The number of amides is 1. The molecule has 24 heavy (non-hydrogen) atoms. The van der Waals surface area contributed by atoms with Crippen molar-refractivity contribution in [3.8, 4) is 5.75 Å². The lowest BCUT2D eigenvalue weighted by atomic mass is 10.2. The average molecular weight is 342 g/mol. The van der Waals surface area contributed by atoms with E-state index in [1.165, 1.54) is 0 Å². The largest absolute Gasteiger partial charge is 0.484 e. The van der Waals surface area contributed by atoms with Gasteiger partial charge in [-0.3, -0.25) is 4.79 Å². The van der Waals surface area contributed by atoms with Crippen molar-refractivity contribution in [2.24, 2.45) is 12.1 Å². The third kappa shape index (κ3) is 3.75. The molecular weight excluding hydrogens is 326 g/mol. The van der Waals surface area contributed by atoms with Crippen molar-refractivity contribution in [1.29, 1.82) is 0 Å². The summed E-state index contributed by atoms with van der Waals surface area (Å²) >= 11 is 5.79. The molecule has 2 aromatic carbocycles. The van der Waals surface area contributed by atoms with Gasteiger partial charge in [-0.25, -0.2) is 5.43 Å². The Kier molecular flexibility index (Phi) is 4.82. The number of carbonyl (C=O) groups excluding carboxylic acids is 1. The molecule has 0 fully saturated rings. The maximum atomic E-state index is 11.8. The van der Waals surface area contributed by atoms with Gasteiger partial charge in [-0.05, 0) is 30.3 Å². The summed E-state index contributed by atoms with van der Waals surface area (Å²) < 4.78 is 7.37. The van der Waals surface area contributed by atoms with E-state index in [-0.39, 0.29) is 12.5 Å². The lowest BCUT2D eigenvalue weighted by molar-refractivity contribution is -0.123. The third-order valence-corrected chi connectivity index (χ3v) is 3.76. The number of hydrogen-bond acceptors (Lipinski definition) is 3. The Morgan fingerprint density at radius 1 is 1.25 bits per heavy atom. The SMILES string of the molecule is Cn1cc(C=NNC(=O)COc2ccc(Cl)cc2)c2ccccc21. The predicted octanol–water partition coefficient (Wildman–Crippen LogP) is 3.36. The second-order valence-corrected chi connectivity index (χ2v) is 5.68. The van der Waals surface area contributed by atoms with Gasteiger partial charge in [0, 0.05) is 34.7 Å². The van der Waals surface area contributed by atoms with Gasteiger partial charge in [0.2, 0.25) is 0 Å². The molecule has 0 saturated carbocycles. The van der Waals surface area contributed by atoms with Crippen molar-refractivity contribution in [1.82, 2.24) is 9.99 Å². The Morgan fingerprint density at radius 3 is 2.79 bits per heavy atom. The molecule has 5 nitrogen and oxygen atoms in total. The molecule has 3 rings (SSSR count). The third-order valence-electron chi connectivity index (χ3n) is 3.50. The molecule has 1 amide bonds. The molecular formula is C18H16ClN3O2. The fourth-order valence-electron chi connectivity index (χ4n) is 2.36. The summed E-state index contributed by atoms with van der Waals surface area (Å²) in [5, 5.41) is 5.69. The Bertz CT molecular complexity index is 885. The van der Waals surface area contributed by atoms with Crippen LogP contribution in [-0.4, -0.2) is 23.3 Å². The zero-order chi connectivity index (χ0) is 16.9. The highest BCUT2D eigenvalue weighted by Crippen LogP contribution is 2.18. The molecule has 0 aliphatic heterocycles. The summed E-state index contributed by atoms with van der Waals surface area (Å²) in [6.45, 7) is -0.117. The van der Waals surface area contributed by atoms with Gasteiger partial charge < -0.3 is 9.30 Å². The average Bonchev–Trinajstić information content (AvgIpc) is 2.91. The van der Waals surface area contributed by atoms with Crippen molar-refractivity contribution < 1.29 is 9.53 Å². The Hall–Kier alpha value is -2.79. The first-order valence-electron chi connectivity index (χ1n) is 7.38. The molecule has 1 aromatic heterocycles. The number of carbonyl (C=O) groups is 1. The van der Waals surface area contributed by atoms with Crippen LogP contribution >= 0.6 is 11.6 Å². The van der Waals surface area contributed by atoms with Crippen LogP contribution in [0.1, 0.15) is 5.56 Å². The minimum absolute atomic E-state index is 0.117. The number of halogens is 1. The molecule has 0 saturated heterocycles. The molecule has 0 bridgehead atoms. The fraction of sp³-hybridized carbons (Fsp3) is 0.111. The Labute approximate surface area is 144 Å². The van der Waals surface area contributed by atoms with Crippen LogP contribution in [-0.2, 0) is 11.8 Å². The highest BCUT2D eigenvalue weighted by atomic mass is 35.5. The first kappa shape index (κ1) is 16.1. The van der Waals surface area contributed by atoms with E-state index >= 15 is 0 Å². The lowest BCUT2D eigenvalue weighted by Gasteiger charge is -2.04. The normalized spacial score (nSPS) is 11.1. The molecule has 0 spiro atoms. The number of nitrogens with one attached hydrogen (secondary N) is 1. The Balaban J connectivity index is 1.57. The molecule has 0 atom stereocenters. The molecule has 0 aliphatic carbocycles. The van der Waals surface area contributed by atoms with Crippen LogP contribution in [0.3, 0.4) is 0 Å². The van der Waals surface area contributed by atoms with E-state index in [4.69, 9.17) is 16.3 Å². The van der Waals surface area contributed by atoms with Gasteiger partial charge >= 0.3 is 0 Å². The van der Waals surface area contributed by atoms with Crippen LogP contribution in [0.5, 0.6) is 5.75 Å². The number of aromatic nitrogens is 1. The van der Waals surface area contributed by atoms with Crippen LogP contribution in [0.15, 0.2) is 59.8 Å². The van der Waals surface area contributed by atoms with Crippen LogP contribution in [0.25, 0.3) is 10.9 Å². The van der Waals surface area contributed by atoms with Gasteiger partial charge in [0.15, 0.2) is 6.61 Å². The monoisotopic (exact) mass is 341 g/mol. The van der Waals surface area contributed by atoms with E-state index in [0.29, 0.717) is 10.8 Å². The quantitative estimate of drug-likeness (QED) is 0.571. The number of nitrogens with zero attached hydrogens (tertiary/aromatic N) is 2. The van der Waals surface area contributed by atoms with Crippen LogP contribution < -0.4 is 10.2 Å². The molecule has 6 heteroatoms. The molecule has 0 radical (unpaired) electrons. The number of hydrazone groups is 1. The van der Waals surface area contributed by atoms with E-state index in [1.54, 1.807) is 30.5 Å². The van der Waals surface area contributed by atoms with Crippen LogP contribution in [0.2, 0.25) is 5.02 Å². The van der Waals surface area contributed by atoms with Crippen molar-refractivity contribution in [3.63, 3.8) is 0 Å². The van der Waals surface area contributed by atoms with E-state index in [1.807, 2.05) is 42.1 Å². The van der Waals surface area contributed by atoms with Crippen LogP contribution in [0.4, 0.5) is 0 Å². The zero-order valence-corrected chi connectivity index (χ0v) is 13.8. The summed E-state index contributed by atoms with van der Waals surface area (Å²) in [5.41, 5.74) is 4.50. The molecule has 1 N–H and O–H groups in total. The van der Waals surface area contributed by atoms with E-state index in [0.717, 1.165) is 16.5 Å². The van der Waals surface area contributed by atoms with E-state index in [2.05, 4.69) is 10.5 Å². The highest BCUT2D eigenvalue weighted by molar-refractivity contribution is 6.30. The minimum Gasteiger partial charge on any atom is -0.484 e. The highest BCUT2D eigenvalue weighted by Gasteiger charge is 2.04. The molecule has 0 aliphatic rings. The van der Waals surface area contributed by atoms with Gasteiger partial charge in [-0.15, -0.1) is 0 Å².